The Morgan fingerprint density at radius 2 is 2.00 bits per heavy atom. The van der Waals surface area contributed by atoms with Gasteiger partial charge in [0.05, 0.1) is 0 Å². The monoisotopic (exact) mass is 176 g/mol. The maximum Gasteiger partial charge on any atom is 0.436 e. The molecule has 64 valence electrons. The van der Waals surface area contributed by atoms with E-state index in [1.807, 2.05) is 0 Å². The molecule has 4 nitrogen and oxygen atoms in total. The van der Waals surface area contributed by atoms with Gasteiger partial charge in [0, 0.05) is 13.1 Å². The van der Waals surface area contributed by atoms with Gasteiger partial charge in [-0.1, -0.05) is 19.2 Å². The number of nitrogens with zero attached hydrogens (tertiary/aromatic N) is 1. The summed E-state index contributed by atoms with van der Waals surface area (Å²) >= 11 is 3.56. The molecule has 1 fully saturated rings. The lowest BCUT2D eigenvalue weighted by molar-refractivity contribution is -0.108. The first-order valence-electron chi connectivity index (χ1n) is 3.70. The van der Waals surface area contributed by atoms with Crippen LogP contribution in [-0.2, 0) is 4.84 Å². The van der Waals surface area contributed by atoms with Gasteiger partial charge in [-0.2, -0.15) is 0 Å². The standard InChI is InChI=1S/C6H12N2O2S/c9-6(7-11)10-8-4-2-1-3-5-8/h11H,1-5H2,(H,7,9). The van der Waals surface area contributed by atoms with Gasteiger partial charge >= 0.3 is 6.09 Å². The summed E-state index contributed by atoms with van der Waals surface area (Å²) in [4.78, 5) is 15.5. The smallest absolute Gasteiger partial charge is 0.350 e. The van der Waals surface area contributed by atoms with Crippen LogP contribution in [0.5, 0.6) is 0 Å². The largest absolute Gasteiger partial charge is 0.436 e. The molecule has 0 saturated carbocycles. The van der Waals surface area contributed by atoms with Crippen molar-refractivity contribution in [3.8, 4) is 0 Å². The van der Waals surface area contributed by atoms with Gasteiger partial charge in [-0.15, -0.1) is 5.06 Å². The molecule has 1 amide bonds. The highest BCUT2D eigenvalue weighted by atomic mass is 32.1. The van der Waals surface area contributed by atoms with Gasteiger partial charge in [0.25, 0.3) is 0 Å². The molecule has 1 rings (SSSR count). The third-order valence-corrected chi connectivity index (χ3v) is 1.80. The molecular weight excluding hydrogens is 164 g/mol. The molecule has 0 aromatic carbocycles. The van der Waals surface area contributed by atoms with E-state index in [-0.39, 0.29) is 0 Å². The van der Waals surface area contributed by atoms with E-state index < -0.39 is 6.09 Å². The minimum absolute atomic E-state index is 0.504. The summed E-state index contributed by atoms with van der Waals surface area (Å²) < 4.78 is 2.10. The van der Waals surface area contributed by atoms with Crippen LogP contribution in [0.3, 0.4) is 0 Å². The zero-order valence-electron chi connectivity index (χ0n) is 6.25. The number of nitrogens with one attached hydrogen (secondary N) is 1. The minimum Gasteiger partial charge on any atom is -0.350 e. The molecule has 0 bridgehead atoms. The fourth-order valence-electron chi connectivity index (χ4n) is 1.09. The van der Waals surface area contributed by atoms with Crippen molar-refractivity contribution < 1.29 is 9.63 Å². The molecule has 0 unspecified atom stereocenters. The Morgan fingerprint density at radius 1 is 1.36 bits per heavy atom. The van der Waals surface area contributed by atoms with Gasteiger partial charge in [0.2, 0.25) is 0 Å². The van der Waals surface area contributed by atoms with Crippen LogP contribution in [0.25, 0.3) is 0 Å². The predicted octanol–water partition coefficient (Wildman–Crippen LogP) is 0.958. The van der Waals surface area contributed by atoms with Crippen LogP contribution in [0.2, 0.25) is 0 Å². The Balaban J connectivity index is 2.19. The molecule has 11 heavy (non-hydrogen) atoms. The van der Waals surface area contributed by atoms with E-state index in [4.69, 9.17) is 4.84 Å². The maximum atomic E-state index is 10.6. The molecule has 1 saturated heterocycles. The van der Waals surface area contributed by atoms with Crippen LogP contribution in [-0.4, -0.2) is 24.2 Å². The molecule has 1 heterocycles. The molecule has 1 N–H and O–H groups in total. The average Bonchev–Trinajstić information content (AvgIpc) is 2.06. The lowest BCUT2D eigenvalue weighted by atomic mass is 10.2. The fourth-order valence-corrected chi connectivity index (χ4v) is 1.13. The molecule has 0 aromatic heterocycles. The lowest BCUT2D eigenvalue weighted by Gasteiger charge is -2.24. The van der Waals surface area contributed by atoms with E-state index in [2.05, 4.69) is 17.5 Å². The molecule has 0 aromatic rings. The van der Waals surface area contributed by atoms with Gasteiger partial charge in [0.15, 0.2) is 0 Å². The number of amides is 1. The van der Waals surface area contributed by atoms with E-state index in [0.717, 1.165) is 25.9 Å². The lowest BCUT2D eigenvalue weighted by Crippen LogP contribution is -2.34. The Kier molecular flexibility index (Phi) is 3.51. The Labute approximate surface area is 71.4 Å². The second kappa shape index (κ2) is 4.46. The number of carbonyl (C=O) groups is 1. The number of carbonyl (C=O) groups excluding carboxylic acids is 1. The summed E-state index contributed by atoms with van der Waals surface area (Å²) in [6.45, 7) is 1.67. The first kappa shape index (κ1) is 8.67. The van der Waals surface area contributed by atoms with Crippen molar-refractivity contribution in [1.29, 1.82) is 0 Å². The van der Waals surface area contributed by atoms with Crippen molar-refractivity contribution in [2.45, 2.75) is 19.3 Å². The zero-order valence-corrected chi connectivity index (χ0v) is 7.14. The highest BCUT2D eigenvalue weighted by Gasteiger charge is 2.13. The van der Waals surface area contributed by atoms with Gasteiger partial charge < -0.3 is 4.84 Å². The number of thiol groups is 1. The van der Waals surface area contributed by atoms with E-state index in [1.54, 1.807) is 5.06 Å². The average molecular weight is 176 g/mol. The summed E-state index contributed by atoms with van der Waals surface area (Å²) in [7, 11) is 0. The molecular formula is C6H12N2O2S. The van der Waals surface area contributed by atoms with Gasteiger partial charge in [-0.05, 0) is 12.8 Å². The Morgan fingerprint density at radius 3 is 2.55 bits per heavy atom. The van der Waals surface area contributed by atoms with E-state index in [0.29, 0.717) is 0 Å². The van der Waals surface area contributed by atoms with Crippen LogP contribution < -0.4 is 4.72 Å². The maximum absolute atomic E-state index is 10.6. The number of hydroxylamine groups is 2. The van der Waals surface area contributed by atoms with E-state index in [1.165, 1.54) is 6.42 Å². The highest BCUT2D eigenvalue weighted by Crippen LogP contribution is 2.08. The zero-order chi connectivity index (χ0) is 8.10. The van der Waals surface area contributed by atoms with E-state index in [9.17, 15) is 4.79 Å². The van der Waals surface area contributed by atoms with Gasteiger partial charge in [0.1, 0.15) is 0 Å². The van der Waals surface area contributed by atoms with Crippen molar-refractivity contribution in [3.63, 3.8) is 0 Å². The Hall–Kier alpha value is -0.420. The van der Waals surface area contributed by atoms with Crippen molar-refractivity contribution in [2.24, 2.45) is 0 Å². The molecule has 1 aliphatic rings. The molecule has 5 heteroatoms. The summed E-state index contributed by atoms with van der Waals surface area (Å²) in [5.74, 6) is 0. The molecule has 0 aliphatic carbocycles. The summed E-state index contributed by atoms with van der Waals surface area (Å²) in [5, 5.41) is 1.66. The van der Waals surface area contributed by atoms with Crippen LogP contribution in [0, 0.1) is 0 Å². The topological polar surface area (TPSA) is 41.6 Å². The SMILES string of the molecule is O=C(NS)ON1CCCCC1. The number of rotatable bonds is 1. The van der Waals surface area contributed by atoms with Crippen LogP contribution in [0.4, 0.5) is 4.79 Å². The van der Waals surface area contributed by atoms with Crippen molar-refractivity contribution in [1.82, 2.24) is 9.79 Å². The summed E-state index contributed by atoms with van der Waals surface area (Å²) in [6, 6.07) is 0. The fraction of sp³-hybridized carbons (Fsp3) is 0.833. The van der Waals surface area contributed by atoms with Crippen LogP contribution in [0.15, 0.2) is 0 Å². The van der Waals surface area contributed by atoms with Crippen molar-refractivity contribution in [2.75, 3.05) is 13.1 Å². The third kappa shape index (κ3) is 2.98. The van der Waals surface area contributed by atoms with Crippen molar-refractivity contribution >= 4 is 18.9 Å². The normalized spacial score (nSPS) is 19.4. The van der Waals surface area contributed by atoms with Crippen LogP contribution >= 0.6 is 12.8 Å². The summed E-state index contributed by atoms with van der Waals surface area (Å²) in [5.41, 5.74) is 0. The minimum atomic E-state index is -0.504. The first-order chi connectivity index (χ1) is 5.33. The Bertz CT molecular complexity index is 137. The van der Waals surface area contributed by atoms with Gasteiger partial charge in [-0.25, -0.2) is 4.79 Å². The number of hydrogen-bond donors (Lipinski definition) is 2. The first-order valence-corrected chi connectivity index (χ1v) is 4.14. The second-order valence-corrected chi connectivity index (χ2v) is 2.70. The van der Waals surface area contributed by atoms with Gasteiger partial charge in [-0.3, -0.25) is 4.72 Å². The van der Waals surface area contributed by atoms with Crippen LogP contribution in [0.1, 0.15) is 19.3 Å². The van der Waals surface area contributed by atoms with Crippen molar-refractivity contribution in [3.05, 3.63) is 0 Å². The quantitative estimate of drug-likeness (QED) is 0.585. The number of piperidine rings is 1. The molecule has 0 spiro atoms. The predicted molar refractivity (Wildman–Crippen MR) is 44.0 cm³/mol. The van der Waals surface area contributed by atoms with E-state index >= 15 is 0 Å². The number of hydrogen-bond acceptors (Lipinski definition) is 4. The molecule has 1 aliphatic heterocycles. The highest BCUT2D eigenvalue weighted by molar-refractivity contribution is 7.78. The second-order valence-electron chi connectivity index (χ2n) is 2.48. The molecule has 0 atom stereocenters. The molecule has 0 radical (unpaired) electrons. The third-order valence-electron chi connectivity index (χ3n) is 1.62. The summed E-state index contributed by atoms with van der Waals surface area (Å²) in [6.07, 6.45) is 2.91.